The molecular weight excluding hydrogens is 180 g/mol. The van der Waals surface area contributed by atoms with Gasteiger partial charge in [0.25, 0.3) is 0 Å². The average molecular weight is 200 g/mol. The summed E-state index contributed by atoms with van der Waals surface area (Å²) in [6.45, 7) is 9.18. The lowest BCUT2D eigenvalue weighted by Gasteiger charge is -2.45. The Kier molecular flexibility index (Phi) is 2.88. The topological polar surface area (TPSA) is 55.6 Å². The molecule has 0 radical (unpaired) electrons. The van der Waals surface area contributed by atoms with Crippen LogP contribution < -0.4 is 5.73 Å². The number of carbonyl (C=O) groups is 1. The van der Waals surface area contributed by atoms with E-state index in [0.29, 0.717) is 13.1 Å². The van der Waals surface area contributed by atoms with Crippen LogP contribution in [0.1, 0.15) is 27.7 Å². The Morgan fingerprint density at radius 3 is 2.36 bits per heavy atom. The van der Waals surface area contributed by atoms with E-state index in [1.165, 1.54) is 0 Å². The SMILES string of the molecule is CC1(N)CN(C(=O)COC(C)(C)C)C1. The molecule has 0 saturated carbocycles. The molecule has 0 aromatic heterocycles. The van der Waals surface area contributed by atoms with Gasteiger partial charge < -0.3 is 15.4 Å². The van der Waals surface area contributed by atoms with Gasteiger partial charge in [-0.1, -0.05) is 0 Å². The lowest BCUT2D eigenvalue weighted by molar-refractivity contribution is -0.147. The van der Waals surface area contributed by atoms with Gasteiger partial charge in [-0.05, 0) is 27.7 Å². The van der Waals surface area contributed by atoms with Gasteiger partial charge in [-0.25, -0.2) is 0 Å². The van der Waals surface area contributed by atoms with Crippen LogP contribution in [0, 0.1) is 0 Å². The Labute approximate surface area is 85.4 Å². The summed E-state index contributed by atoms with van der Waals surface area (Å²) in [4.78, 5) is 13.2. The second-order valence-corrected chi connectivity index (χ2v) is 5.30. The van der Waals surface area contributed by atoms with E-state index in [4.69, 9.17) is 10.5 Å². The molecule has 2 N–H and O–H groups in total. The molecular formula is C10H20N2O2. The van der Waals surface area contributed by atoms with E-state index < -0.39 is 0 Å². The molecule has 0 aromatic carbocycles. The quantitative estimate of drug-likeness (QED) is 0.700. The van der Waals surface area contributed by atoms with Crippen LogP contribution in [0.3, 0.4) is 0 Å². The number of amides is 1. The molecule has 0 spiro atoms. The van der Waals surface area contributed by atoms with Gasteiger partial charge in [0.05, 0.1) is 5.60 Å². The van der Waals surface area contributed by atoms with E-state index in [9.17, 15) is 4.79 Å². The summed E-state index contributed by atoms with van der Waals surface area (Å²) in [6, 6.07) is 0. The van der Waals surface area contributed by atoms with Crippen LogP contribution in [0.4, 0.5) is 0 Å². The van der Waals surface area contributed by atoms with Crippen molar-refractivity contribution < 1.29 is 9.53 Å². The Hall–Kier alpha value is -0.610. The highest BCUT2D eigenvalue weighted by atomic mass is 16.5. The van der Waals surface area contributed by atoms with Gasteiger partial charge in [-0.2, -0.15) is 0 Å². The fraction of sp³-hybridized carbons (Fsp3) is 0.900. The van der Waals surface area contributed by atoms with Gasteiger partial charge >= 0.3 is 0 Å². The summed E-state index contributed by atoms with van der Waals surface area (Å²) in [5.41, 5.74) is 5.34. The van der Waals surface area contributed by atoms with Gasteiger partial charge in [0.2, 0.25) is 5.91 Å². The first kappa shape index (κ1) is 11.5. The highest BCUT2D eigenvalue weighted by Gasteiger charge is 2.37. The first-order chi connectivity index (χ1) is 6.20. The number of likely N-dealkylation sites (tertiary alicyclic amines) is 1. The Morgan fingerprint density at radius 1 is 1.50 bits per heavy atom. The fourth-order valence-corrected chi connectivity index (χ4v) is 1.37. The molecule has 4 heteroatoms. The van der Waals surface area contributed by atoms with Gasteiger partial charge in [0.15, 0.2) is 0 Å². The van der Waals surface area contributed by atoms with Crippen molar-refractivity contribution in [1.82, 2.24) is 4.90 Å². The largest absolute Gasteiger partial charge is 0.366 e. The van der Waals surface area contributed by atoms with Crippen molar-refractivity contribution in [1.29, 1.82) is 0 Å². The summed E-state index contributed by atoms with van der Waals surface area (Å²) in [5.74, 6) is 0.0304. The molecule has 0 bridgehead atoms. The molecule has 0 aromatic rings. The molecule has 0 atom stereocenters. The number of nitrogens with zero attached hydrogens (tertiary/aromatic N) is 1. The van der Waals surface area contributed by atoms with Crippen molar-refractivity contribution in [3.63, 3.8) is 0 Å². The Bertz CT molecular complexity index is 223. The van der Waals surface area contributed by atoms with Gasteiger partial charge in [0, 0.05) is 18.6 Å². The lowest BCUT2D eigenvalue weighted by Crippen LogP contribution is -2.67. The third-order valence-electron chi connectivity index (χ3n) is 2.09. The number of rotatable bonds is 2. The zero-order valence-corrected chi connectivity index (χ0v) is 9.46. The summed E-state index contributed by atoms with van der Waals surface area (Å²) in [5, 5.41) is 0. The highest BCUT2D eigenvalue weighted by Crippen LogP contribution is 2.17. The van der Waals surface area contributed by atoms with Crippen LogP contribution in [0.15, 0.2) is 0 Å². The van der Waals surface area contributed by atoms with E-state index in [1.54, 1.807) is 4.90 Å². The Morgan fingerprint density at radius 2 is 2.00 bits per heavy atom. The number of ether oxygens (including phenoxy) is 1. The summed E-state index contributed by atoms with van der Waals surface area (Å²) in [6.07, 6.45) is 0. The molecule has 1 rings (SSSR count). The molecule has 1 amide bonds. The molecule has 1 aliphatic heterocycles. The third kappa shape index (κ3) is 3.27. The molecule has 1 heterocycles. The normalized spacial score (nSPS) is 20.5. The van der Waals surface area contributed by atoms with Crippen LogP contribution in [0.2, 0.25) is 0 Å². The van der Waals surface area contributed by atoms with Crippen molar-refractivity contribution in [2.45, 2.75) is 38.8 Å². The zero-order valence-electron chi connectivity index (χ0n) is 9.46. The average Bonchev–Trinajstić information content (AvgIpc) is 1.94. The minimum absolute atomic E-state index is 0.0304. The second kappa shape index (κ2) is 3.51. The summed E-state index contributed by atoms with van der Waals surface area (Å²) >= 11 is 0. The second-order valence-electron chi connectivity index (χ2n) is 5.30. The van der Waals surface area contributed by atoms with Crippen LogP contribution in [0.25, 0.3) is 0 Å². The smallest absolute Gasteiger partial charge is 0.248 e. The van der Waals surface area contributed by atoms with Crippen molar-refractivity contribution in [3.05, 3.63) is 0 Å². The molecule has 14 heavy (non-hydrogen) atoms. The molecule has 82 valence electrons. The fourth-order valence-electron chi connectivity index (χ4n) is 1.37. The molecule has 4 nitrogen and oxygen atoms in total. The predicted octanol–water partition coefficient (Wildman–Crippen LogP) is 0.361. The number of carbonyl (C=O) groups excluding carboxylic acids is 1. The minimum Gasteiger partial charge on any atom is -0.366 e. The minimum atomic E-state index is -0.257. The van der Waals surface area contributed by atoms with E-state index >= 15 is 0 Å². The van der Waals surface area contributed by atoms with Crippen LogP contribution in [-0.2, 0) is 9.53 Å². The maximum atomic E-state index is 11.5. The van der Waals surface area contributed by atoms with Gasteiger partial charge in [0.1, 0.15) is 6.61 Å². The molecule has 1 aliphatic rings. The molecule has 0 aliphatic carbocycles. The van der Waals surface area contributed by atoms with Crippen LogP contribution >= 0.6 is 0 Å². The first-order valence-electron chi connectivity index (χ1n) is 4.90. The van der Waals surface area contributed by atoms with E-state index in [1.807, 2.05) is 27.7 Å². The number of nitrogens with two attached hydrogens (primary N) is 1. The monoisotopic (exact) mass is 200 g/mol. The zero-order chi connectivity index (χ0) is 11.0. The van der Waals surface area contributed by atoms with Crippen LogP contribution in [-0.4, -0.2) is 41.6 Å². The maximum Gasteiger partial charge on any atom is 0.248 e. The van der Waals surface area contributed by atoms with Crippen molar-refractivity contribution in [2.75, 3.05) is 19.7 Å². The lowest BCUT2D eigenvalue weighted by atomic mass is 9.94. The van der Waals surface area contributed by atoms with E-state index in [0.717, 1.165) is 0 Å². The van der Waals surface area contributed by atoms with E-state index in [2.05, 4.69) is 0 Å². The predicted molar refractivity (Wildman–Crippen MR) is 54.9 cm³/mol. The number of hydrogen-bond acceptors (Lipinski definition) is 3. The van der Waals surface area contributed by atoms with E-state index in [-0.39, 0.29) is 23.7 Å². The van der Waals surface area contributed by atoms with Crippen LogP contribution in [0.5, 0.6) is 0 Å². The molecule has 0 unspecified atom stereocenters. The molecule has 1 saturated heterocycles. The highest BCUT2D eigenvalue weighted by molar-refractivity contribution is 5.78. The first-order valence-corrected chi connectivity index (χ1v) is 4.90. The van der Waals surface area contributed by atoms with Crippen molar-refractivity contribution in [3.8, 4) is 0 Å². The van der Waals surface area contributed by atoms with Gasteiger partial charge in [-0.3, -0.25) is 4.79 Å². The van der Waals surface area contributed by atoms with Crippen molar-refractivity contribution >= 4 is 5.91 Å². The van der Waals surface area contributed by atoms with Gasteiger partial charge in [-0.15, -0.1) is 0 Å². The third-order valence-corrected chi connectivity index (χ3v) is 2.09. The molecule has 1 fully saturated rings. The standard InChI is InChI=1S/C10H20N2O2/c1-9(2,3)14-5-8(13)12-6-10(4,11)7-12/h5-7,11H2,1-4H3. The Balaban J connectivity index is 2.25. The van der Waals surface area contributed by atoms with Crippen molar-refractivity contribution in [2.24, 2.45) is 5.73 Å². The summed E-state index contributed by atoms with van der Waals surface area (Å²) in [7, 11) is 0. The summed E-state index contributed by atoms with van der Waals surface area (Å²) < 4.78 is 5.38. The number of hydrogen-bond donors (Lipinski definition) is 1. The maximum absolute atomic E-state index is 11.5.